The topological polar surface area (TPSA) is 59.6 Å². The van der Waals surface area contributed by atoms with Crippen molar-refractivity contribution in [2.24, 2.45) is 0 Å². The Morgan fingerprint density at radius 2 is 1.79 bits per heavy atom. The molecule has 1 saturated heterocycles. The molecule has 1 heterocycles. The van der Waals surface area contributed by atoms with Gasteiger partial charge in [0.05, 0.1) is 25.9 Å². The fourth-order valence-electron chi connectivity index (χ4n) is 2.70. The summed E-state index contributed by atoms with van der Waals surface area (Å²) >= 11 is 0. The quantitative estimate of drug-likeness (QED) is 0.822. The lowest BCUT2D eigenvalue weighted by Crippen LogP contribution is -2.46. The molecular formula is C14H26N2O3. The van der Waals surface area contributed by atoms with Gasteiger partial charge in [-0.15, -0.1) is 0 Å². The SMILES string of the molecule is O=C(NC[C@H]1COCCO1)NC1CCCCCCC1. The maximum atomic E-state index is 11.8. The highest BCUT2D eigenvalue weighted by atomic mass is 16.6. The molecule has 0 aromatic carbocycles. The fraction of sp³-hybridized carbons (Fsp3) is 0.929. The smallest absolute Gasteiger partial charge is 0.315 e. The highest BCUT2D eigenvalue weighted by Gasteiger charge is 2.17. The third kappa shape index (κ3) is 5.78. The summed E-state index contributed by atoms with van der Waals surface area (Å²) in [7, 11) is 0. The van der Waals surface area contributed by atoms with E-state index in [0.29, 0.717) is 32.4 Å². The van der Waals surface area contributed by atoms with E-state index in [-0.39, 0.29) is 12.1 Å². The van der Waals surface area contributed by atoms with Crippen LogP contribution in [0.25, 0.3) is 0 Å². The maximum Gasteiger partial charge on any atom is 0.315 e. The summed E-state index contributed by atoms with van der Waals surface area (Å²) in [6.07, 6.45) is 8.61. The van der Waals surface area contributed by atoms with Gasteiger partial charge >= 0.3 is 6.03 Å². The van der Waals surface area contributed by atoms with Gasteiger partial charge in [0.15, 0.2) is 0 Å². The van der Waals surface area contributed by atoms with Crippen LogP contribution in [-0.2, 0) is 9.47 Å². The lowest BCUT2D eigenvalue weighted by Gasteiger charge is -2.24. The van der Waals surface area contributed by atoms with Crippen molar-refractivity contribution >= 4 is 6.03 Å². The van der Waals surface area contributed by atoms with Crippen LogP contribution in [0.1, 0.15) is 44.9 Å². The van der Waals surface area contributed by atoms with Gasteiger partial charge in [-0.3, -0.25) is 0 Å². The van der Waals surface area contributed by atoms with E-state index in [4.69, 9.17) is 9.47 Å². The standard InChI is InChI=1S/C14H26N2O3/c17-14(15-10-13-11-18-8-9-19-13)16-12-6-4-2-1-3-5-7-12/h12-13H,1-11H2,(H2,15,16,17)/t13-/m0/s1. The molecule has 0 spiro atoms. The van der Waals surface area contributed by atoms with Gasteiger partial charge in [0.2, 0.25) is 0 Å². The monoisotopic (exact) mass is 270 g/mol. The van der Waals surface area contributed by atoms with Crippen molar-refractivity contribution in [2.75, 3.05) is 26.4 Å². The summed E-state index contributed by atoms with van der Waals surface area (Å²) in [5, 5.41) is 5.96. The molecule has 0 radical (unpaired) electrons. The summed E-state index contributed by atoms with van der Waals surface area (Å²) in [5.41, 5.74) is 0. The Labute approximate surface area is 115 Å². The molecule has 2 rings (SSSR count). The van der Waals surface area contributed by atoms with Crippen molar-refractivity contribution < 1.29 is 14.3 Å². The van der Waals surface area contributed by atoms with Gasteiger partial charge < -0.3 is 20.1 Å². The lowest BCUT2D eigenvalue weighted by molar-refractivity contribution is -0.0853. The second-order valence-corrected chi connectivity index (χ2v) is 5.46. The molecular weight excluding hydrogens is 244 g/mol. The summed E-state index contributed by atoms with van der Waals surface area (Å²) < 4.78 is 10.8. The van der Waals surface area contributed by atoms with Crippen molar-refractivity contribution in [3.8, 4) is 0 Å². The first-order valence-electron chi connectivity index (χ1n) is 7.58. The Balaban J connectivity index is 1.61. The van der Waals surface area contributed by atoms with Gasteiger partial charge in [0.1, 0.15) is 0 Å². The average Bonchev–Trinajstić information content (AvgIpc) is 2.41. The molecule has 0 bridgehead atoms. The van der Waals surface area contributed by atoms with E-state index in [9.17, 15) is 4.79 Å². The Kier molecular flexibility index (Phi) is 6.44. The third-order valence-electron chi connectivity index (χ3n) is 3.82. The molecule has 0 unspecified atom stereocenters. The molecule has 0 aromatic heterocycles. The molecule has 1 atom stereocenters. The molecule has 1 saturated carbocycles. The van der Waals surface area contributed by atoms with Crippen LogP contribution >= 0.6 is 0 Å². The van der Waals surface area contributed by atoms with Gasteiger partial charge in [0.25, 0.3) is 0 Å². The highest BCUT2D eigenvalue weighted by molar-refractivity contribution is 5.74. The molecule has 2 N–H and O–H groups in total. The molecule has 5 nitrogen and oxygen atoms in total. The number of carbonyl (C=O) groups excluding carboxylic acids is 1. The first-order chi connectivity index (χ1) is 9.34. The van der Waals surface area contributed by atoms with Gasteiger partial charge in [-0.05, 0) is 12.8 Å². The first kappa shape index (κ1) is 14.6. The minimum atomic E-state index is -0.0697. The minimum absolute atomic E-state index is 0.00293. The van der Waals surface area contributed by atoms with Gasteiger partial charge in [-0.25, -0.2) is 4.79 Å². The number of hydrogen-bond acceptors (Lipinski definition) is 3. The fourth-order valence-corrected chi connectivity index (χ4v) is 2.70. The molecule has 110 valence electrons. The molecule has 19 heavy (non-hydrogen) atoms. The highest BCUT2D eigenvalue weighted by Crippen LogP contribution is 2.16. The molecule has 2 amide bonds. The molecule has 2 aliphatic rings. The average molecular weight is 270 g/mol. The number of amides is 2. The second kappa shape index (κ2) is 8.38. The summed E-state index contributed by atoms with van der Waals surface area (Å²) in [4.78, 5) is 11.8. The van der Waals surface area contributed by atoms with Crippen molar-refractivity contribution in [1.29, 1.82) is 0 Å². The zero-order valence-electron chi connectivity index (χ0n) is 11.7. The van der Waals surface area contributed by atoms with Crippen LogP contribution in [0.5, 0.6) is 0 Å². The number of rotatable bonds is 3. The largest absolute Gasteiger partial charge is 0.376 e. The van der Waals surface area contributed by atoms with Crippen LogP contribution in [0.15, 0.2) is 0 Å². The summed E-state index contributed by atoms with van der Waals surface area (Å²) in [5.74, 6) is 0. The number of ether oxygens (including phenoxy) is 2. The van der Waals surface area contributed by atoms with E-state index in [1.807, 2.05) is 0 Å². The van der Waals surface area contributed by atoms with E-state index in [0.717, 1.165) is 12.8 Å². The number of carbonyl (C=O) groups is 1. The molecule has 2 fully saturated rings. The summed E-state index contributed by atoms with van der Waals surface area (Å²) in [6.45, 7) is 2.38. The predicted octanol–water partition coefficient (Wildman–Crippen LogP) is 1.81. The van der Waals surface area contributed by atoms with E-state index in [1.54, 1.807) is 0 Å². The predicted molar refractivity (Wildman–Crippen MR) is 73.2 cm³/mol. The molecule has 5 heteroatoms. The Hall–Kier alpha value is -0.810. The van der Waals surface area contributed by atoms with Crippen molar-refractivity contribution in [3.63, 3.8) is 0 Å². The van der Waals surface area contributed by atoms with Crippen molar-refractivity contribution in [3.05, 3.63) is 0 Å². The van der Waals surface area contributed by atoms with Crippen LogP contribution in [0.4, 0.5) is 4.79 Å². The number of urea groups is 1. The van der Waals surface area contributed by atoms with Gasteiger partial charge in [0, 0.05) is 12.6 Å². The third-order valence-corrected chi connectivity index (χ3v) is 3.82. The maximum absolute atomic E-state index is 11.8. The molecule has 1 aliphatic heterocycles. The summed E-state index contributed by atoms with van der Waals surface area (Å²) in [6, 6.07) is 0.267. The minimum Gasteiger partial charge on any atom is -0.376 e. The zero-order chi connectivity index (χ0) is 13.3. The first-order valence-corrected chi connectivity index (χ1v) is 7.58. The lowest BCUT2D eigenvalue weighted by atomic mass is 9.97. The van der Waals surface area contributed by atoms with E-state index in [1.165, 1.54) is 32.1 Å². The Morgan fingerprint density at radius 1 is 1.05 bits per heavy atom. The van der Waals surface area contributed by atoms with Crippen molar-refractivity contribution in [2.45, 2.75) is 57.1 Å². The van der Waals surface area contributed by atoms with Crippen LogP contribution in [0.2, 0.25) is 0 Å². The Morgan fingerprint density at radius 3 is 2.47 bits per heavy atom. The van der Waals surface area contributed by atoms with Crippen LogP contribution in [0.3, 0.4) is 0 Å². The normalized spacial score (nSPS) is 26.2. The van der Waals surface area contributed by atoms with Crippen LogP contribution in [-0.4, -0.2) is 44.5 Å². The number of hydrogen-bond donors (Lipinski definition) is 2. The number of nitrogens with one attached hydrogen (secondary N) is 2. The molecule has 0 aromatic rings. The Bertz CT molecular complexity index is 259. The van der Waals surface area contributed by atoms with Crippen molar-refractivity contribution in [1.82, 2.24) is 10.6 Å². The van der Waals surface area contributed by atoms with E-state index < -0.39 is 0 Å². The zero-order valence-corrected chi connectivity index (χ0v) is 11.7. The van der Waals surface area contributed by atoms with E-state index >= 15 is 0 Å². The van der Waals surface area contributed by atoms with Gasteiger partial charge in [-0.1, -0.05) is 32.1 Å². The van der Waals surface area contributed by atoms with Gasteiger partial charge in [-0.2, -0.15) is 0 Å². The van der Waals surface area contributed by atoms with E-state index in [2.05, 4.69) is 10.6 Å². The van der Waals surface area contributed by atoms with Crippen LogP contribution < -0.4 is 10.6 Å². The van der Waals surface area contributed by atoms with Crippen LogP contribution in [0, 0.1) is 0 Å². The molecule has 1 aliphatic carbocycles. The second-order valence-electron chi connectivity index (χ2n) is 5.46.